The number of amides is 1. The van der Waals surface area contributed by atoms with E-state index in [0.29, 0.717) is 0 Å². The van der Waals surface area contributed by atoms with Gasteiger partial charge in [0.1, 0.15) is 35.4 Å². The first-order valence-corrected chi connectivity index (χ1v) is 9.15. The van der Waals surface area contributed by atoms with Gasteiger partial charge >= 0.3 is 12.3 Å². The molecule has 2 aliphatic heterocycles. The third kappa shape index (κ3) is 4.86. The Hall–Kier alpha value is -1.08. The van der Waals surface area contributed by atoms with Crippen molar-refractivity contribution in [3.63, 3.8) is 0 Å². The van der Waals surface area contributed by atoms with Crippen LogP contribution in [0.3, 0.4) is 0 Å². The number of amidine groups is 1. The molecule has 1 saturated heterocycles. The predicted molar refractivity (Wildman–Crippen MR) is 90.2 cm³/mol. The van der Waals surface area contributed by atoms with E-state index in [1.807, 2.05) is 0 Å². The zero-order valence-electron chi connectivity index (χ0n) is 15.2. The first kappa shape index (κ1) is 22.2. The second-order valence-electron chi connectivity index (χ2n) is 7.18. The molecule has 0 saturated carbocycles. The normalized spacial score (nSPS) is 32.5. The average Bonchev–Trinajstić information content (AvgIpc) is 2.92. The molecule has 0 aliphatic carbocycles. The van der Waals surface area contributed by atoms with Gasteiger partial charge in [0, 0.05) is 6.54 Å². The SMILES string of the molecule is CCN(C(=O)OC(C)(C)C)C1=NC2C(OC(C(O)C(F)(F)F)C(O)C2O)S1. The van der Waals surface area contributed by atoms with Crippen molar-refractivity contribution >= 4 is 23.0 Å². The summed E-state index contributed by atoms with van der Waals surface area (Å²) in [6.07, 6.45) is -14.5. The Balaban J connectivity index is 2.18. The molecule has 8 nitrogen and oxygen atoms in total. The van der Waals surface area contributed by atoms with Crippen molar-refractivity contribution in [1.82, 2.24) is 4.90 Å². The summed E-state index contributed by atoms with van der Waals surface area (Å²) < 4.78 is 48.8. The maximum Gasteiger partial charge on any atom is 0.417 e. The standard InChI is InChI=1S/C15H23F3N2O6S/c1-5-20(13(24)26-14(2,3)4)12-19-6-7(21)8(22)9(25-11(6)27-12)10(23)15(16,17)18/h6-11,21-23H,5H2,1-4H3. The van der Waals surface area contributed by atoms with Crippen LogP contribution in [0.25, 0.3) is 0 Å². The van der Waals surface area contributed by atoms with Gasteiger partial charge in [-0.15, -0.1) is 0 Å². The van der Waals surface area contributed by atoms with E-state index < -0.39 is 53.8 Å². The maximum absolute atomic E-state index is 12.8. The highest BCUT2D eigenvalue weighted by molar-refractivity contribution is 8.14. The molecule has 2 rings (SSSR count). The topological polar surface area (TPSA) is 112 Å². The van der Waals surface area contributed by atoms with Crippen molar-refractivity contribution in [3.05, 3.63) is 0 Å². The highest BCUT2D eigenvalue weighted by Crippen LogP contribution is 2.40. The number of aliphatic hydroxyl groups excluding tert-OH is 3. The Morgan fingerprint density at radius 3 is 2.41 bits per heavy atom. The van der Waals surface area contributed by atoms with Crippen molar-refractivity contribution < 1.29 is 42.8 Å². The fraction of sp³-hybridized carbons (Fsp3) is 0.867. The molecule has 3 N–H and O–H groups in total. The average molecular weight is 416 g/mol. The molecule has 6 atom stereocenters. The van der Waals surface area contributed by atoms with E-state index >= 15 is 0 Å². The molecule has 0 aromatic heterocycles. The van der Waals surface area contributed by atoms with Crippen LogP contribution in [0.4, 0.5) is 18.0 Å². The zero-order valence-corrected chi connectivity index (χ0v) is 16.0. The lowest BCUT2D eigenvalue weighted by Gasteiger charge is -2.40. The Bertz CT molecular complexity index is 597. The lowest BCUT2D eigenvalue weighted by atomic mass is 9.94. The Labute approximate surface area is 158 Å². The minimum atomic E-state index is -5.03. The fourth-order valence-electron chi connectivity index (χ4n) is 2.61. The maximum atomic E-state index is 12.8. The number of hydrogen-bond acceptors (Lipinski definition) is 8. The predicted octanol–water partition coefficient (Wildman–Crippen LogP) is 1.08. The summed E-state index contributed by atoms with van der Waals surface area (Å²) >= 11 is 0.822. The number of fused-ring (bicyclic) bond motifs is 1. The second kappa shape index (κ2) is 7.74. The number of ether oxygens (including phenoxy) is 2. The number of hydrogen-bond donors (Lipinski definition) is 3. The van der Waals surface area contributed by atoms with Crippen LogP contribution in [0, 0.1) is 0 Å². The lowest BCUT2D eigenvalue weighted by Crippen LogP contribution is -2.60. The zero-order chi connectivity index (χ0) is 20.7. The van der Waals surface area contributed by atoms with Crippen molar-refractivity contribution in [3.8, 4) is 0 Å². The van der Waals surface area contributed by atoms with Crippen LogP contribution >= 0.6 is 11.8 Å². The number of nitrogens with zero attached hydrogens (tertiary/aromatic N) is 2. The molecule has 2 heterocycles. The number of alkyl halides is 3. The Morgan fingerprint density at radius 2 is 1.93 bits per heavy atom. The van der Waals surface area contributed by atoms with Crippen LogP contribution in [-0.2, 0) is 9.47 Å². The molecular formula is C15H23F3N2O6S. The Kier molecular flexibility index (Phi) is 6.37. The third-order valence-corrected chi connectivity index (χ3v) is 5.05. The molecule has 0 radical (unpaired) electrons. The van der Waals surface area contributed by atoms with Gasteiger partial charge < -0.3 is 24.8 Å². The summed E-state index contributed by atoms with van der Waals surface area (Å²) in [4.78, 5) is 17.6. The van der Waals surface area contributed by atoms with Gasteiger partial charge in [0.05, 0.1) is 0 Å². The molecule has 156 valence electrons. The van der Waals surface area contributed by atoms with Crippen LogP contribution in [-0.4, -0.2) is 85.7 Å². The van der Waals surface area contributed by atoms with E-state index in [0.717, 1.165) is 16.7 Å². The number of thioether (sulfide) groups is 1. The van der Waals surface area contributed by atoms with Gasteiger partial charge in [-0.3, -0.25) is 9.89 Å². The first-order valence-electron chi connectivity index (χ1n) is 8.27. The summed E-state index contributed by atoms with van der Waals surface area (Å²) in [7, 11) is 0. The highest BCUT2D eigenvalue weighted by Gasteiger charge is 2.56. The monoisotopic (exact) mass is 416 g/mol. The van der Waals surface area contributed by atoms with Crippen molar-refractivity contribution in [2.75, 3.05) is 6.54 Å². The minimum absolute atomic E-state index is 0.0927. The molecule has 0 aromatic rings. The van der Waals surface area contributed by atoms with Crippen molar-refractivity contribution in [2.45, 2.75) is 75.4 Å². The van der Waals surface area contributed by atoms with Gasteiger partial charge in [-0.05, 0) is 27.7 Å². The molecule has 2 aliphatic rings. The summed E-state index contributed by atoms with van der Waals surface area (Å²) in [5, 5.41) is 29.6. The molecule has 27 heavy (non-hydrogen) atoms. The number of carbonyl (C=O) groups excluding carboxylic acids is 1. The molecule has 6 unspecified atom stereocenters. The van der Waals surface area contributed by atoms with E-state index in [1.165, 1.54) is 0 Å². The number of rotatable bonds is 2. The molecule has 12 heteroatoms. The summed E-state index contributed by atoms with van der Waals surface area (Å²) in [5.74, 6) is 0. The number of aliphatic hydroxyl groups is 3. The summed E-state index contributed by atoms with van der Waals surface area (Å²) in [6, 6.07) is -1.09. The summed E-state index contributed by atoms with van der Waals surface area (Å²) in [5.41, 5.74) is -1.87. The molecule has 0 aromatic carbocycles. The van der Waals surface area contributed by atoms with Gasteiger partial charge in [-0.25, -0.2) is 4.79 Å². The molecule has 0 bridgehead atoms. The van der Waals surface area contributed by atoms with Gasteiger partial charge in [0.2, 0.25) is 0 Å². The smallest absolute Gasteiger partial charge is 0.417 e. The number of aliphatic imine (C=N–C) groups is 1. The molecule has 1 amide bonds. The van der Waals surface area contributed by atoms with E-state index in [2.05, 4.69) is 4.99 Å². The van der Waals surface area contributed by atoms with E-state index in [-0.39, 0.29) is 11.7 Å². The summed E-state index contributed by atoms with van der Waals surface area (Å²) in [6.45, 7) is 6.84. The van der Waals surface area contributed by atoms with Crippen LogP contribution in [0.5, 0.6) is 0 Å². The van der Waals surface area contributed by atoms with Crippen molar-refractivity contribution in [2.24, 2.45) is 4.99 Å². The second-order valence-corrected chi connectivity index (χ2v) is 8.25. The van der Waals surface area contributed by atoms with E-state index in [9.17, 15) is 33.3 Å². The first-order chi connectivity index (χ1) is 12.3. The van der Waals surface area contributed by atoms with E-state index in [1.54, 1.807) is 27.7 Å². The van der Waals surface area contributed by atoms with Crippen molar-refractivity contribution in [1.29, 1.82) is 0 Å². The number of halogens is 3. The molecular weight excluding hydrogens is 393 g/mol. The minimum Gasteiger partial charge on any atom is -0.443 e. The molecule has 1 fully saturated rings. The lowest BCUT2D eigenvalue weighted by molar-refractivity contribution is -0.271. The largest absolute Gasteiger partial charge is 0.443 e. The van der Waals surface area contributed by atoms with Gasteiger partial charge in [0.15, 0.2) is 11.3 Å². The number of carbonyl (C=O) groups is 1. The Morgan fingerprint density at radius 1 is 1.33 bits per heavy atom. The fourth-order valence-corrected chi connectivity index (χ4v) is 3.88. The molecule has 0 spiro atoms. The van der Waals surface area contributed by atoms with E-state index in [4.69, 9.17) is 9.47 Å². The van der Waals surface area contributed by atoms with Gasteiger partial charge in [-0.1, -0.05) is 11.8 Å². The van der Waals surface area contributed by atoms with Gasteiger partial charge in [-0.2, -0.15) is 13.2 Å². The highest BCUT2D eigenvalue weighted by atomic mass is 32.2. The quantitative estimate of drug-likeness (QED) is 0.618. The van der Waals surface area contributed by atoms with Crippen LogP contribution in [0.2, 0.25) is 0 Å². The third-order valence-electron chi connectivity index (χ3n) is 3.90. The van der Waals surface area contributed by atoms with Crippen LogP contribution < -0.4 is 0 Å². The van der Waals surface area contributed by atoms with Crippen LogP contribution in [0.1, 0.15) is 27.7 Å². The van der Waals surface area contributed by atoms with Crippen LogP contribution in [0.15, 0.2) is 4.99 Å². The van der Waals surface area contributed by atoms with Gasteiger partial charge in [0.25, 0.3) is 0 Å².